The highest BCUT2D eigenvalue weighted by molar-refractivity contribution is 6.22. The molecule has 0 bridgehead atoms. The molecule has 2 heteroatoms. The zero-order chi connectivity index (χ0) is 37.2. The topological polar surface area (TPSA) is 17.3 Å². The first-order valence-corrected chi connectivity index (χ1v) is 19.3. The molecule has 9 aromatic carbocycles. The average Bonchev–Trinajstić information content (AvgIpc) is 3.65. The molecule has 56 heavy (non-hydrogen) atoms. The van der Waals surface area contributed by atoms with Crippen LogP contribution < -0.4 is 0 Å². The predicted octanol–water partition coefficient (Wildman–Crippen LogP) is 14.8. The van der Waals surface area contributed by atoms with E-state index < -0.39 is 0 Å². The molecule has 11 rings (SSSR count). The van der Waals surface area contributed by atoms with Crippen LogP contribution in [0.1, 0.15) is 12.5 Å². The lowest BCUT2D eigenvalue weighted by Gasteiger charge is -2.19. The summed E-state index contributed by atoms with van der Waals surface area (Å²) in [6, 6.07) is 64.6. The summed E-state index contributed by atoms with van der Waals surface area (Å²) in [5.41, 5.74) is 12.8. The number of para-hydroxylation sites is 3. The van der Waals surface area contributed by atoms with Gasteiger partial charge in [-0.25, -0.2) is 4.98 Å². The van der Waals surface area contributed by atoms with E-state index in [1.165, 1.54) is 82.0 Å². The number of fused-ring (bicyclic) bond motifs is 11. The van der Waals surface area contributed by atoms with E-state index in [1.807, 2.05) is 6.92 Å². The molecule has 0 spiro atoms. The number of nitrogens with zero attached hydrogens (tertiary/aromatic N) is 2. The molecule has 0 aliphatic carbocycles. The highest BCUT2D eigenvalue weighted by Crippen LogP contribution is 2.46. The fraction of sp³-hybridized carbons (Fsp3) is 0.0185. The van der Waals surface area contributed by atoms with Crippen LogP contribution in [-0.4, -0.2) is 9.38 Å². The Morgan fingerprint density at radius 3 is 1.86 bits per heavy atom. The number of benzene rings is 9. The minimum atomic E-state index is 0.988. The molecular formula is C54H36N2. The summed E-state index contributed by atoms with van der Waals surface area (Å²) in [6.07, 6.45) is 8.43. The lowest BCUT2D eigenvalue weighted by molar-refractivity contribution is 1.31. The van der Waals surface area contributed by atoms with E-state index >= 15 is 0 Å². The Morgan fingerprint density at radius 2 is 1.04 bits per heavy atom. The molecule has 262 valence electrons. The zero-order valence-corrected chi connectivity index (χ0v) is 30.9. The van der Waals surface area contributed by atoms with E-state index in [0.717, 1.165) is 27.6 Å². The smallest absolute Gasteiger partial charge is 0.146 e. The SMILES string of the molecule is C/C=C\C=C/c1cccc(-c2c3ccccc3c(-c3ccc4ccccc4c3)c3ccc(-c4ccc5c(c4)c4ccccc4n4c6ccccc6nc54)cc23)c1. The van der Waals surface area contributed by atoms with E-state index in [9.17, 15) is 0 Å². The first-order valence-electron chi connectivity index (χ1n) is 19.3. The fourth-order valence-electron chi connectivity index (χ4n) is 8.89. The standard InChI is InChI=1S/C54H36N2/c1-2-3-4-14-35-15-13-18-40(31-35)53-44-21-8-7-20-43(44)52(41-26-25-36-16-5-6-17-37(36)32-41)45-29-27-39(34-48(45)53)38-28-30-46-47(33-38)42-19-9-11-23-50(42)56-51-24-12-10-22-49(51)55-54(46)56/h2-34H,1H3/b3-2-,14-4-. The lowest BCUT2D eigenvalue weighted by Crippen LogP contribution is -1.93. The highest BCUT2D eigenvalue weighted by atomic mass is 15.0. The minimum Gasteiger partial charge on any atom is -0.292 e. The summed E-state index contributed by atoms with van der Waals surface area (Å²) < 4.78 is 2.32. The normalized spacial score (nSPS) is 12.2. The van der Waals surface area contributed by atoms with Crippen molar-refractivity contribution in [1.29, 1.82) is 0 Å². The molecule has 0 aliphatic rings. The number of pyridine rings is 1. The molecule has 2 aromatic heterocycles. The molecular weight excluding hydrogens is 677 g/mol. The van der Waals surface area contributed by atoms with Crippen molar-refractivity contribution >= 4 is 76.7 Å². The largest absolute Gasteiger partial charge is 0.292 e. The molecule has 0 unspecified atom stereocenters. The molecule has 0 saturated heterocycles. The van der Waals surface area contributed by atoms with Gasteiger partial charge in [0.05, 0.1) is 16.6 Å². The molecule has 0 N–H and O–H groups in total. The van der Waals surface area contributed by atoms with Crippen LogP contribution in [-0.2, 0) is 0 Å². The summed E-state index contributed by atoms with van der Waals surface area (Å²) in [5, 5.41) is 11.0. The van der Waals surface area contributed by atoms with Gasteiger partial charge < -0.3 is 0 Å². The molecule has 2 heterocycles. The van der Waals surface area contributed by atoms with Crippen molar-refractivity contribution in [2.45, 2.75) is 6.92 Å². The number of allylic oxidation sites excluding steroid dienone is 3. The molecule has 11 aromatic rings. The number of imidazole rings is 1. The van der Waals surface area contributed by atoms with Crippen LogP contribution in [0.2, 0.25) is 0 Å². The van der Waals surface area contributed by atoms with Gasteiger partial charge in [0.2, 0.25) is 0 Å². The second kappa shape index (κ2) is 12.9. The van der Waals surface area contributed by atoms with Gasteiger partial charge in [-0.15, -0.1) is 0 Å². The molecule has 0 amide bonds. The number of rotatable bonds is 5. The molecule has 0 saturated carbocycles. The first kappa shape index (κ1) is 32.2. The summed E-state index contributed by atoms with van der Waals surface area (Å²) in [5.74, 6) is 0. The fourth-order valence-corrected chi connectivity index (χ4v) is 8.89. The maximum Gasteiger partial charge on any atom is 0.146 e. The van der Waals surface area contributed by atoms with Gasteiger partial charge in [0.15, 0.2) is 0 Å². The van der Waals surface area contributed by atoms with Crippen LogP contribution >= 0.6 is 0 Å². The van der Waals surface area contributed by atoms with Gasteiger partial charge in [-0.1, -0.05) is 152 Å². The Bertz CT molecular complexity index is 3430. The van der Waals surface area contributed by atoms with Crippen LogP contribution in [0.5, 0.6) is 0 Å². The highest BCUT2D eigenvalue weighted by Gasteiger charge is 2.19. The number of aromatic nitrogens is 2. The maximum absolute atomic E-state index is 5.15. The third-order valence-corrected chi connectivity index (χ3v) is 11.4. The Morgan fingerprint density at radius 1 is 0.411 bits per heavy atom. The van der Waals surface area contributed by atoms with Gasteiger partial charge in [-0.05, 0) is 132 Å². The number of hydrogen-bond acceptors (Lipinski definition) is 1. The van der Waals surface area contributed by atoms with Crippen molar-refractivity contribution in [2.75, 3.05) is 0 Å². The van der Waals surface area contributed by atoms with Gasteiger partial charge in [-0.2, -0.15) is 0 Å². The van der Waals surface area contributed by atoms with Crippen LogP contribution in [0.15, 0.2) is 194 Å². The van der Waals surface area contributed by atoms with Crippen molar-refractivity contribution in [3.63, 3.8) is 0 Å². The van der Waals surface area contributed by atoms with Crippen molar-refractivity contribution < 1.29 is 0 Å². The summed E-state index contributed by atoms with van der Waals surface area (Å²) in [7, 11) is 0. The Kier molecular flexibility index (Phi) is 7.43. The lowest BCUT2D eigenvalue weighted by atomic mass is 9.84. The van der Waals surface area contributed by atoms with E-state index in [4.69, 9.17) is 4.98 Å². The van der Waals surface area contributed by atoms with E-state index in [2.05, 4.69) is 205 Å². The van der Waals surface area contributed by atoms with Crippen LogP contribution in [0.4, 0.5) is 0 Å². The van der Waals surface area contributed by atoms with Gasteiger partial charge in [-0.3, -0.25) is 4.40 Å². The van der Waals surface area contributed by atoms with Crippen LogP contribution in [0, 0.1) is 0 Å². The van der Waals surface area contributed by atoms with Crippen molar-refractivity contribution in [3.05, 3.63) is 200 Å². The third kappa shape index (κ3) is 5.07. The Balaban J connectivity index is 1.20. The quantitative estimate of drug-likeness (QED) is 0.0986. The maximum atomic E-state index is 5.15. The number of hydrogen-bond donors (Lipinski definition) is 0. The molecule has 0 fully saturated rings. The van der Waals surface area contributed by atoms with E-state index in [0.29, 0.717) is 0 Å². The Hall–Kier alpha value is -7.29. The van der Waals surface area contributed by atoms with Crippen molar-refractivity contribution in [1.82, 2.24) is 9.38 Å². The van der Waals surface area contributed by atoms with E-state index in [1.54, 1.807) is 0 Å². The Labute approximate surface area is 324 Å². The molecule has 0 aliphatic heterocycles. The van der Waals surface area contributed by atoms with Gasteiger partial charge >= 0.3 is 0 Å². The summed E-state index contributed by atoms with van der Waals surface area (Å²) >= 11 is 0. The minimum absolute atomic E-state index is 0.988. The average molecular weight is 713 g/mol. The van der Waals surface area contributed by atoms with Crippen LogP contribution in [0.3, 0.4) is 0 Å². The second-order valence-corrected chi connectivity index (χ2v) is 14.7. The van der Waals surface area contributed by atoms with Crippen molar-refractivity contribution in [3.8, 4) is 33.4 Å². The molecule has 0 radical (unpaired) electrons. The summed E-state index contributed by atoms with van der Waals surface area (Å²) in [4.78, 5) is 5.15. The predicted molar refractivity (Wildman–Crippen MR) is 240 cm³/mol. The van der Waals surface area contributed by atoms with Gasteiger partial charge in [0, 0.05) is 10.8 Å². The monoisotopic (exact) mass is 712 g/mol. The van der Waals surface area contributed by atoms with Crippen molar-refractivity contribution in [2.24, 2.45) is 0 Å². The van der Waals surface area contributed by atoms with E-state index in [-0.39, 0.29) is 0 Å². The first-order chi connectivity index (χ1) is 27.7. The van der Waals surface area contributed by atoms with Crippen LogP contribution in [0.25, 0.3) is 110 Å². The second-order valence-electron chi connectivity index (χ2n) is 14.7. The molecule has 2 nitrogen and oxygen atoms in total. The van der Waals surface area contributed by atoms with Gasteiger partial charge in [0.25, 0.3) is 0 Å². The van der Waals surface area contributed by atoms with Gasteiger partial charge in [0.1, 0.15) is 5.65 Å². The zero-order valence-electron chi connectivity index (χ0n) is 30.9. The third-order valence-electron chi connectivity index (χ3n) is 11.4. The molecule has 0 atom stereocenters. The summed E-state index contributed by atoms with van der Waals surface area (Å²) in [6.45, 7) is 2.05.